The van der Waals surface area contributed by atoms with Gasteiger partial charge in [0.05, 0.1) is 17.8 Å². The van der Waals surface area contributed by atoms with Gasteiger partial charge in [0.15, 0.2) is 0 Å². The molecular formula is C26H37N7O2. The molecule has 35 heavy (non-hydrogen) atoms. The van der Waals surface area contributed by atoms with Crippen molar-refractivity contribution in [3.8, 4) is 11.3 Å². The number of fused-ring (bicyclic) bond motifs is 1. The maximum absolute atomic E-state index is 13.2. The summed E-state index contributed by atoms with van der Waals surface area (Å²) in [7, 11) is 3.85. The van der Waals surface area contributed by atoms with E-state index in [0.29, 0.717) is 13.2 Å². The van der Waals surface area contributed by atoms with Gasteiger partial charge in [-0.05, 0) is 43.5 Å². The summed E-state index contributed by atoms with van der Waals surface area (Å²) in [4.78, 5) is 28.7. The highest BCUT2D eigenvalue weighted by molar-refractivity contribution is 5.76. The number of nitrogens with one attached hydrogen (secondary N) is 1. The van der Waals surface area contributed by atoms with Crippen molar-refractivity contribution >= 4 is 17.8 Å². The molecule has 1 saturated carbocycles. The molecule has 2 aliphatic heterocycles. The van der Waals surface area contributed by atoms with E-state index in [1.165, 1.54) is 5.56 Å². The molecule has 0 spiro atoms. The number of piperazine rings is 1. The number of amides is 2. The molecule has 3 aliphatic rings. The molecule has 3 heterocycles. The fourth-order valence-electron chi connectivity index (χ4n) is 5.63. The standard InChI is InChI=1S/C26H37N7O2/c1-31-11-13-32(14-12-31)23-16-22(28-24(27)29-23)20-6-5-19-7-10-33(17-21(19)15-20)25(34)30-26(18-35-2)8-3-4-9-26/h5-6,15-16H,3-4,7-14,17-18H2,1-2H3,(H,30,34)(H2,27,28,29). The number of aromatic nitrogens is 2. The number of hydrogen-bond donors (Lipinski definition) is 2. The summed E-state index contributed by atoms with van der Waals surface area (Å²) < 4.78 is 5.45. The number of rotatable bonds is 5. The normalized spacial score (nSPS) is 20.1. The Morgan fingerprint density at radius 3 is 2.60 bits per heavy atom. The SMILES string of the molecule is COCC1(NC(=O)N2CCc3ccc(-c4cc(N5CCN(C)CC5)nc(N)n4)cc3C2)CCCC1. The largest absolute Gasteiger partial charge is 0.382 e. The highest BCUT2D eigenvalue weighted by Crippen LogP contribution is 2.31. The molecule has 0 atom stereocenters. The van der Waals surface area contributed by atoms with Gasteiger partial charge in [-0.15, -0.1) is 0 Å². The number of carbonyl (C=O) groups is 1. The van der Waals surface area contributed by atoms with Crippen LogP contribution >= 0.6 is 0 Å². The number of benzene rings is 1. The van der Waals surface area contributed by atoms with E-state index in [4.69, 9.17) is 10.5 Å². The minimum absolute atomic E-state index is 0.00337. The molecule has 2 aromatic rings. The zero-order valence-corrected chi connectivity index (χ0v) is 20.9. The van der Waals surface area contributed by atoms with Crippen LogP contribution in [0.1, 0.15) is 36.8 Å². The van der Waals surface area contributed by atoms with Gasteiger partial charge in [-0.2, -0.15) is 4.98 Å². The summed E-state index contributed by atoms with van der Waals surface area (Å²) in [5, 5.41) is 3.31. The van der Waals surface area contributed by atoms with Crippen molar-refractivity contribution in [2.24, 2.45) is 0 Å². The molecule has 2 fully saturated rings. The first kappa shape index (κ1) is 23.8. The molecular weight excluding hydrogens is 442 g/mol. The molecule has 1 aromatic carbocycles. The molecule has 3 N–H and O–H groups in total. The number of methoxy groups -OCH3 is 1. The number of anilines is 2. The first-order valence-electron chi connectivity index (χ1n) is 12.7. The molecule has 9 nitrogen and oxygen atoms in total. The van der Waals surface area contributed by atoms with Crippen molar-refractivity contribution in [1.29, 1.82) is 0 Å². The molecule has 9 heteroatoms. The summed E-state index contributed by atoms with van der Waals surface area (Å²) in [5.74, 6) is 1.16. The van der Waals surface area contributed by atoms with Crippen LogP contribution in [0.5, 0.6) is 0 Å². The number of ether oxygens (including phenoxy) is 1. The Labute approximate surface area is 207 Å². The number of nitrogens with two attached hydrogens (primary N) is 1. The monoisotopic (exact) mass is 479 g/mol. The van der Waals surface area contributed by atoms with Crippen LogP contribution in [0.15, 0.2) is 24.3 Å². The smallest absolute Gasteiger partial charge is 0.318 e. The van der Waals surface area contributed by atoms with E-state index in [2.05, 4.69) is 50.3 Å². The Balaban J connectivity index is 1.33. The number of carbonyl (C=O) groups excluding carboxylic acids is 1. The van der Waals surface area contributed by atoms with Gasteiger partial charge in [0.25, 0.3) is 0 Å². The quantitative estimate of drug-likeness (QED) is 0.680. The molecule has 1 saturated heterocycles. The van der Waals surface area contributed by atoms with E-state index < -0.39 is 0 Å². The number of likely N-dealkylation sites (N-methyl/N-ethyl adjacent to an activating group) is 1. The lowest BCUT2D eigenvalue weighted by atomic mass is 9.96. The lowest BCUT2D eigenvalue weighted by molar-refractivity contribution is 0.107. The number of urea groups is 1. The van der Waals surface area contributed by atoms with Gasteiger partial charge in [-0.3, -0.25) is 0 Å². The third kappa shape index (κ3) is 5.21. The van der Waals surface area contributed by atoms with Crippen molar-refractivity contribution in [1.82, 2.24) is 25.1 Å². The van der Waals surface area contributed by atoms with Gasteiger partial charge in [-0.25, -0.2) is 9.78 Å². The van der Waals surface area contributed by atoms with E-state index in [1.54, 1.807) is 7.11 Å². The lowest BCUT2D eigenvalue weighted by Gasteiger charge is -2.35. The van der Waals surface area contributed by atoms with E-state index >= 15 is 0 Å². The predicted molar refractivity (Wildman–Crippen MR) is 137 cm³/mol. The van der Waals surface area contributed by atoms with Crippen molar-refractivity contribution in [2.45, 2.75) is 44.2 Å². The highest BCUT2D eigenvalue weighted by atomic mass is 16.5. The minimum atomic E-state index is -0.230. The topological polar surface area (TPSA) is 99.9 Å². The van der Waals surface area contributed by atoms with E-state index in [0.717, 1.165) is 87.5 Å². The third-order valence-electron chi connectivity index (χ3n) is 7.71. The molecule has 1 aliphatic carbocycles. The van der Waals surface area contributed by atoms with E-state index in [1.807, 2.05) is 11.0 Å². The maximum Gasteiger partial charge on any atom is 0.318 e. The Bertz CT molecular complexity index is 1060. The molecule has 0 radical (unpaired) electrons. The Hall–Kier alpha value is -2.91. The van der Waals surface area contributed by atoms with Crippen LogP contribution in [0.2, 0.25) is 0 Å². The maximum atomic E-state index is 13.2. The molecule has 188 valence electrons. The zero-order valence-electron chi connectivity index (χ0n) is 20.9. The number of hydrogen-bond acceptors (Lipinski definition) is 7. The Morgan fingerprint density at radius 2 is 1.86 bits per heavy atom. The highest BCUT2D eigenvalue weighted by Gasteiger charge is 2.37. The average Bonchev–Trinajstić information content (AvgIpc) is 3.31. The fraction of sp³-hybridized carbons (Fsp3) is 0.577. The Morgan fingerprint density at radius 1 is 1.09 bits per heavy atom. The van der Waals surface area contributed by atoms with Crippen molar-refractivity contribution in [2.75, 3.05) is 64.1 Å². The minimum Gasteiger partial charge on any atom is -0.382 e. The van der Waals surface area contributed by atoms with Gasteiger partial charge >= 0.3 is 6.03 Å². The second-order valence-corrected chi connectivity index (χ2v) is 10.3. The zero-order chi connectivity index (χ0) is 24.4. The second kappa shape index (κ2) is 9.99. The van der Waals surface area contributed by atoms with Gasteiger partial charge in [0, 0.05) is 58.0 Å². The number of nitrogen functional groups attached to an aromatic ring is 1. The van der Waals surface area contributed by atoms with Crippen molar-refractivity contribution < 1.29 is 9.53 Å². The number of nitrogens with zero attached hydrogens (tertiary/aromatic N) is 5. The Kier molecular flexibility index (Phi) is 6.80. The summed E-state index contributed by atoms with van der Waals surface area (Å²) in [6.45, 7) is 5.72. The van der Waals surface area contributed by atoms with Crippen molar-refractivity contribution in [3.63, 3.8) is 0 Å². The van der Waals surface area contributed by atoms with Crippen LogP contribution in [-0.4, -0.2) is 84.8 Å². The lowest BCUT2D eigenvalue weighted by Crippen LogP contribution is -2.55. The van der Waals surface area contributed by atoms with Crippen LogP contribution in [0.3, 0.4) is 0 Å². The molecule has 5 rings (SSSR count). The van der Waals surface area contributed by atoms with Gasteiger partial charge in [0.2, 0.25) is 5.95 Å². The first-order chi connectivity index (χ1) is 16.9. The third-order valence-corrected chi connectivity index (χ3v) is 7.71. The van der Waals surface area contributed by atoms with Gasteiger partial charge in [-0.1, -0.05) is 25.0 Å². The van der Waals surface area contributed by atoms with Crippen LogP contribution in [0.4, 0.5) is 16.6 Å². The summed E-state index contributed by atoms with van der Waals surface area (Å²) in [6, 6.07) is 8.47. The molecule has 0 bridgehead atoms. The molecule has 0 unspecified atom stereocenters. The van der Waals surface area contributed by atoms with Crippen LogP contribution in [0.25, 0.3) is 11.3 Å². The fourth-order valence-corrected chi connectivity index (χ4v) is 5.63. The molecule has 2 amide bonds. The van der Waals surface area contributed by atoms with Crippen LogP contribution in [0, 0.1) is 0 Å². The van der Waals surface area contributed by atoms with E-state index in [-0.39, 0.29) is 17.5 Å². The second-order valence-electron chi connectivity index (χ2n) is 10.3. The van der Waals surface area contributed by atoms with E-state index in [9.17, 15) is 4.79 Å². The average molecular weight is 480 g/mol. The first-order valence-corrected chi connectivity index (χ1v) is 12.7. The summed E-state index contributed by atoms with van der Waals surface area (Å²) >= 11 is 0. The predicted octanol–water partition coefficient (Wildman–Crippen LogP) is 2.50. The van der Waals surface area contributed by atoms with Crippen molar-refractivity contribution in [3.05, 3.63) is 35.4 Å². The van der Waals surface area contributed by atoms with Crippen LogP contribution in [-0.2, 0) is 17.7 Å². The molecule has 1 aromatic heterocycles. The van der Waals surface area contributed by atoms with Gasteiger partial charge < -0.3 is 30.5 Å². The summed E-state index contributed by atoms with van der Waals surface area (Å²) in [5.41, 5.74) is 10.2. The van der Waals surface area contributed by atoms with Gasteiger partial charge in [0.1, 0.15) is 5.82 Å². The van der Waals surface area contributed by atoms with Crippen LogP contribution < -0.4 is 16.0 Å². The summed E-state index contributed by atoms with van der Waals surface area (Å²) in [6.07, 6.45) is 5.07.